The second-order valence-corrected chi connectivity index (χ2v) is 6.97. The molecule has 0 aromatic heterocycles. The highest BCUT2D eigenvalue weighted by molar-refractivity contribution is 6.37. The topological polar surface area (TPSA) is 128 Å². The summed E-state index contributed by atoms with van der Waals surface area (Å²) >= 11 is 0. The van der Waals surface area contributed by atoms with Gasteiger partial charge in [0, 0.05) is 29.8 Å². The minimum atomic E-state index is -0.526. The summed E-state index contributed by atoms with van der Waals surface area (Å²) in [6.07, 6.45) is 1.60. The number of rotatable bonds is 6. The Morgan fingerprint density at radius 3 is 1.91 bits per heavy atom. The van der Waals surface area contributed by atoms with Crippen LogP contribution in [0.5, 0.6) is 5.75 Å². The molecule has 0 saturated heterocycles. The van der Waals surface area contributed by atoms with E-state index in [0.717, 1.165) is 0 Å². The van der Waals surface area contributed by atoms with E-state index in [4.69, 9.17) is 4.74 Å². The third-order valence-electron chi connectivity index (χ3n) is 4.96. The second-order valence-electron chi connectivity index (χ2n) is 6.97. The molecule has 1 heterocycles. The highest BCUT2D eigenvalue weighted by Crippen LogP contribution is 2.30. The smallest absolute Gasteiger partial charge is 0.281 e. The van der Waals surface area contributed by atoms with Gasteiger partial charge in [0.25, 0.3) is 17.3 Å². The van der Waals surface area contributed by atoms with Crippen LogP contribution >= 0.6 is 0 Å². The van der Waals surface area contributed by atoms with Crippen molar-refractivity contribution in [2.24, 2.45) is 5.10 Å². The number of nitro groups is 2. The molecule has 164 valence electrons. The van der Waals surface area contributed by atoms with Gasteiger partial charge in [0.05, 0.1) is 28.2 Å². The van der Waals surface area contributed by atoms with Gasteiger partial charge in [-0.05, 0) is 60.2 Å². The fourth-order valence-electron chi connectivity index (χ4n) is 3.26. The minimum absolute atomic E-state index is 0.0635. The van der Waals surface area contributed by atoms with Crippen LogP contribution in [-0.4, -0.2) is 28.6 Å². The van der Waals surface area contributed by atoms with E-state index in [9.17, 15) is 25.0 Å². The van der Waals surface area contributed by atoms with Gasteiger partial charge in [-0.25, -0.2) is 0 Å². The summed E-state index contributed by atoms with van der Waals surface area (Å²) < 4.78 is 5.18. The predicted octanol–water partition coefficient (Wildman–Crippen LogP) is 4.35. The minimum Gasteiger partial charge on any atom is -0.497 e. The van der Waals surface area contributed by atoms with Crippen LogP contribution in [0, 0.1) is 20.2 Å². The van der Waals surface area contributed by atoms with Gasteiger partial charge in [-0.2, -0.15) is 10.1 Å². The van der Waals surface area contributed by atoms with Crippen molar-refractivity contribution < 1.29 is 19.4 Å². The average Bonchev–Trinajstić information content (AvgIpc) is 3.15. The van der Waals surface area contributed by atoms with Crippen molar-refractivity contribution in [1.29, 1.82) is 0 Å². The first-order chi connectivity index (χ1) is 15.9. The van der Waals surface area contributed by atoms with E-state index in [1.165, 1.54) is 41.4 Å². The molecule has 3 aromatic carbocycles. The number of benzene rings is 3. The number of hydrogen-bond acceptors (Lipinski definition) is 7. The standard InChI is InChI=1S/C23H16N4O6/c1-33-20-12-4-16(5-13-20)22-21(14-15-2-6-18(7-3-15)26(29)30)23(28)25(24-22)17-8-10-19(11-9-17)27(31)32/h2-14H,1H3. The summed E-state index contributed by atoms with van der Waals surface area (Å²) in [5, 5.41) is 27.5. The Morgan fingerprint density at radius 2 is 1.39 bits per heavy atom. The van der Waals surface area contributed by atoms with Gasteiger partial charge in [0.2, 0.25) is 0 Å². The van der Waals surface area contributed by atoms with Gasteiger partial charge >= 0.3 is 0 Å². The van der Waals surface area contributed by atoms with Crippen LogP contribution in [0.3, 0.4) is 0 Å². The number of nitro benzene ring substituents is 2. The van der Waals surface area contributed by atoms with Crippen molar-refractivity contribution in [1.82, 2.24) is 0 Å². The molecule has 1 aliphatic heterocycles. The maximum atomic E-state index is 13.3. The molecule has 33 heavy (non-hydrogen) atoms. The lowest BCUT2D eigenvalue weighted by molar-refractivity contribution is -0.385. The first-order valence-corrected chi connectivity index (χ1v) is 9.66. The van der Waals surface area contributed by atoms with E-state index in [-0.39, 0.29) is 16.9 Å². The molecule has 3 aromatic rings. The van der Waals surface area contributed by atoms with Crippen LogP contribution in [0.4, 0.5) is 17.1 Å². The SMILES string of the molecule is COc1ccc(C2=NN(c3ccc([N+](=O)[O-])cc3)C(=O)C2=Cc2ccc([N+](=O)[O-])cc2)cc1. The number of non-ortho nitro benzene ring substituents is 2. The maximum Gasteiger partial charge on any atom is 0.281 e. The summed E-state index contributed by atoms with van der Waals surface area (Å²) in [7, 11) is 1.54. The van der Waals surface area contributed by atoms with Crippen molar-refractivity contribution in [3.63, 3.8) is 0 Å². The Labute approximate surface area is 187 Å². The number of methoxy groups -OCH3 is 1. The molecule has 0 atom stereocenters. The Kier molecular flexibility index (Phi) is 5.64. The molecule has 0 unspecified atom stereocenters. The Hall–Kier alpha value is -4.86. The van der Waals surface area contributed by atoms with Crippen molar-refractivity contribution in [3.8, 4) is 5.75 Å². The van der Waals surface area contributed by atoms with Crippen LogP contribution in [0.15, 0.2) is 83.5 Å². The number of nitrogens with zero attached hydrogens (tertiary/aromatic N) is 4. The van der Waals surface area contributed by atoms with Gasteiger partial charge in [-0.3, -0.25) is 25.0 Å². The first-order valence-electron chi connectivity index (χ1n) is 9.66. The summed E-state index contributed by atoms with van der Waals surface area (Å²) in [5.41, 5.74) is 2.09. The van der Waals surface area contributed by atoms with Gasteiger partial charge in [0.1, 0.15) is 11.5 Å². The summed E-state index contributed by atoms with van der Waals surface area (Å²) in [4.78, 5) is 34.1. The van der Waals surface area contributed by atoms with Gasteiger partial charge in [0.15, 0.2) is 0 Å². The molecule has 0 bridgehead atoms. The monoisotopic (exact) mass is 444 g/mol. The Morgan fingerprint density at radius 1 is 0.848 bits per heavy atom. The summed E-state index contributed by atoms with van der Waals surface area (Å²) in [5.74, 6) is 0.199. The molecule has 1 amide bonds. The van der Waals surface area contributed by atoms with E-state index in [1.54, 1.807) is 49.6 Å². The molecule has 10 heteroatoms. The third kappa shape index (κ3) is 4.30. The van der Waals surface area contributed by atoms with Crippen molar-refractivity contribution in [3.05, 3.63) is 110 Å². The van der Waals surface area contributed by atoms with Crippen LogP contribution < -0.4 is 9.75 Å². The van der Waals surface area contributed by atoms with E-state index >= 15 is 0 Å². The third-order valence-corrected chi connectivity index (χ3v) is 4.96. The summed E-state index contributed by atoms with van der Waals surface area (Å²) in [6.45, 7) is 0. The molecule has 0 radical (unpaired) electrons. The second kappa shape index (κ2) is 8.71. The van der Waals surface area contributed by atoms with Crippen LogP contribution in [0.25, 0.3) is 6.08 Å². The molecular weight excluding hydrogens is 428 g/mol. The Bertz CT molecular complexity index is 1300. The number of hydrogen-bond donors (Lipinski definition) is 0. The summed E-state index contributed by atoms with van der Waals surface area (Å²) in [6, 6.07) is 18.3. The molecule has 0 spiro atoms. The van der Waals surface area contributed by atoms with Crippen LogP contribution in [0.1, 0.15) is 11.1 Å². The number of amides is 1. The Balaban J connectivity index is 1.77. The molecule has 0 saturated carbocycles. The van der Waals surface area contributed by atoms with E-state index in [2.05, 4.69) is 5.10 Å². The fraction of sp³-hybridized carbons (Fsp3) is 0.0435. The molecule has 0 N–H and O–H groups in total. The first kappa shape index (κ1) is 21.4. The zero-order valence-electron chi connectivity index (χ0n) is 17.2. The van der Waals surface area contributed by atoms with Crippen LogP contribution in [-0.2, 0) is 4.79 Å². The quantitative estimate of drug-likeness (QED) is 0.316. The average molecular weight is 444 g/mol. The van der Waals surface area contributed by atoms with E-state index in [0.29, 0.717) is 28.3 Å². The zero-order valence-corrected chi connectivity index (χ0v) is 17.2. The molecule has 10 nitrogen and oxygen atoms in total. The van der Waals surface area contributed by atoms with Crippen molar-refractivity contribution in [2.75, 3.05) is 12.1 Å². The molecule has 4 rings (SSSR count). The fourth-order valence-corrected chi connectivity index (χ4v) is 3.26. The number of anilines is 1. The highest BCUT2D eigenvalue weighted by Gasteiger charge is 2.32. The largest absolute Gasteiger partial charge is 0.497 e. The molecule has 1 aliphatic rings. The molecular formula is C23H16N4O6. The highest BCUT2D eigenvalue weighted by atomic mass is 16.6. The van der Waals surface area contributed by atoms with Crippen LogP contribution in [0.2, 0.25) is 0 Å². The normalized spacial score (nSPS) is 14.3. The lowest BCUT2D eigenvalue weighted by atomic mass is 10.00. The number of ether oxygens (including phenoxy) is 1. The lowest BCUT2D eigenvalue weighted by Crippen LogP contribution is -2.21. The van der Waals surface area contributed by atoms with Gasteiger partial charge in [-0.15, -0.1) is 0 Å². The predicted molar refractivity (Wildman–Crippen MR) is 121 cm³/mol. The van der Waals surface area contributed by atoms with Crippen molar-refractivity contribution >= 4 is 34.8 Å². The number of carbonyl (C=O) groups is 1. The van der Waals surface area contributed by atoms with E-state index in [1.807, 2.05) is 0 Å². The van der Waals surface area contributed by atoms with E-state index < -0.39 is 15.8 Å². The lowest BCUT2D eigenvalue weighted by Gasteiger charge is -2.11. The number of carbonyl (C=O) groups excluding carboxylic acids is 1. The number of hydrazone groups is 1. The molecule has 0 fully saturated rings. The van der Waals surface area contributed by atoms with Gasteiger partial charge < -0.3 is 4.74 Å². The molecule has 0 aliphatic carbocycles. The maximum absolute atomic E-state index is 13.3. The zero-order chi connectivity index (χ0) is 23.5. The van der Waals surface area contributed by atoms with Crippen molar-refractivity contribution in [2.45, 2.75) is 0 Å². The van der Waals surface area contributed by atoms with Gasteiger partial charge in [-0.1, -0.05) is 0 Å².